The zero-order valence-corrected chi connectivity index (χ0v) is 11.7. The van der Waals surface area contributed by atoms with Crippen molar-refractivity contribution in [3.05, 3.63) is 48.0 Å². The van der Waals surface area contributed by atoms with Gasteiger partial charge in [0.25, 0.3) is 0 Å². The van der Waals surface area contributed by atoms with Crippen molar-refractivity contribution in [2.45, 2.75) is 11.8 Å². The van der Waals surface area contributed by atoms with Gasteiger partial charge in [-0.15, -0.1) is 11.8 Å². The van der Waals surface area contributed by atoms with Gasteiger partial charge in [-0.2, -0.15) is 0 Å². The Hall–Kier alpha value is -1.94. The monoisotopic (exact) mass is 269 g/mol. The van der Waals surface area contributed by atoms with Crippen molar-refractivity contribution in [1.29, 1.82) is 0 Å². The molecule has 0 unspecified atom stereocenters. The number of hydrogen-bond donors (Lipinski definition) is 1. The zero-order chi connectivity index (χ0) is 13.4. The number of rotatable bonds is 2. The van der Waals surface area contributed by atoms with E-state index in [0.717, 1.165) is 16.7 Å². The summed E-state index contributed by atoms with van der Waals surface area (Å²) >= 11 is 1.71. The summed E-state index contributed by atoms with van der Waals surface area (Å²) in [6.07, 6.45) is 2.07. The maximum atomic E-state index is 6.10. The highest BCUT2D eigenvalue weighted by atomic mass is 32.2. The molecule has 0 aliphatic carbocycles. The Morgan fingerprint density at radius 1 is 1.16 bits per heavy atom. The normalized spacial score (nSPS) is 11.1. The fourth-order valence-corrected chi connectivity index (χ4v) is 2.86. The summed E-state index contributed by atoms with van der Waals surface area (Å²) in [4.78, 5) is 5.65. The van der Waals surface area contributed by atoms with Crippen molar-refractivity contribution in [1.82, 2.24) is 9.55 Å². The van der Waals surface area contributed by atoms with Gasteiger partial charge in [-0.3, -0.25) is 4.57 Å². The van der Waals surface area contributed by atoms with Gasteiger partial charge >= 0.3 is 0 Å². The molecule has 1 aromatic heterocycles. The van der Waals surface area contributed by atoms with E-state index in [-0.39, 0.29) is 0 Å². The molecule has 0 aliphatic heterocycles. The molecule has 0 fully saturated rings. The highest BCUT2D eigenvalue weighted by Gasteiger charge is 2.12. The molecule has 0 saturated carbocycles. The molecule has 3 aromatic rings. The number of nitrogen functional groups attached to an aromatic ring is 1. The van der Waals surface area contributed by atoms with E-state index < -0.39 is 0 Å². The predicted molar refractivity (Wildman–Crippen MR) is 82.0 cm³/mol. The molecule has 0 amide bonds. The first kappa shape index (κ1) is 12.1. The Morgan fingerprint density at radius 3 is 2.74 bits per heavy atom. The van der Waals surface area contributed by atoms with Crippen molar-refractivity contribution in [3.63, 3.8) is 0 Å². The number of nitrogens with two attached hydrogens (primary N) is 1. The number of imidazole rings is 1. The van der Waals surface area contributed by atoms with Gasteiger partial charge in [0.1, 0.15) is 0 Å². The van der Waals surface area contributed by atoms with Gasteiger partial charge in [-0.05, 0) is 43.0 Å². The van der Waals surface area contributed by atoms with Gasteiger partial charge in [0.2, 0.25) is 5.95 Å². The Labute approximate surface area is 116 Å². The van der Waals surface area contributed by atoms with Crippen molar-refractivity contribution < 1.29 is 0 Å². The average Bonchev–Trinajstić information content (AvgIpc) is 2.73. The van der Waals surface area contributed by atoms with E-state index in [1.165, 1.54) is 10.5 Å². The molecule has 0 spiro atoms. The number of fused-ring (bicyclic) bond motifs is 1. The van der Waals surface area contributed by atoms with Crippen LogP contribution in [0.25, 0.3) is 16.7 Å². The number of anilines is 1. The second kappa shape index (κ2) is 4.63. The molecule has 0 aliphatic rings. The first-order valence-corrected chi connectivity index (χ1v) is 7.31. The molecule has 19 heavy (non-hydrogen) atoms. The summed E-state index contributed by atoms with van der Waals surface area (Å²) in [5, 5.41) is 0. The first-order valence-electron chi connectivity index (χ1n) is 6.08. The van der Waals surface area contributed by atoms with Crippen LogP contribution in [0.2, 0.25) is 0 Å². The number of nitrogens with zero attached hydrogens (tertiary/aromatic N) is 2. The number of hydrogen-bond acceptors (Lipinski definition) is 3. The molecule has 3 nitrogen and oxygen atoms in total. The average molecular weight is 269 g/mol. The number of thioether (sulfide) groups is 1. The SMILES string of the molecule is CSc1ccccc1-n1c(N)nc2cc(C)ccc21. The van der Waals surface area contributed by atoms with E-state index in [0.29, 0.717) is 5.95 Å². The summed E-state index contributed by atoms with van der Waals surface area (Å²) in [5.74, 6) is 0.530. The van der Waals surface area contributed by atoms with Crippen molar-refractivity contribution >= 4 is 28.7 Å². The van der Waals surface area contributed by atoms with E-state index in [1.54, 1.807) is 11.8 Å². The Bertz CT molecular complexity index is 746. The summed E-state index contributed by atoms with van der Waals surface area (Å²) in [6.45, 7) is 2.06. The summed E-state index contributed by atoms with van der Waals surface area (Å²) < 4.78 is 2.01. The topological polar surface area (TPSA) is 43.8 Å². The van der Waals surface area contributed by atoms with E-state index in [2.05, 4.69) is 48.5 Å². The Kier molecular flexibility index (Phi) is 2.95. The molecule has 3 rings (SSSR count). The van der Waals surface area contributed by atoms with Crippen LogP contribution in [0.5, 0.6) is 0 Å². The van der Waals surface area contributed by atoms with Gasteiger partial charge in [0.05, 0.1) is 16.7 Å². The van der Waals surface area contributed by atoms with E-state index >= 15 is 0 Å². The molecule has 0 saturated heterocycles. The van der Waals surface area contributed by atoms with Crippen molar-refractivity contribution in [3.8, 4) is 5.69 Å². The largest absolute Gasteiger partial charge is 0.369 e. The van der Waals surface area contributed by atoms with Crippen LogP contribution >= 0.6 is 11.8 Å². The number of para-hydroxylation sites is 1. The van der Waals surface area contributed by atoms with Crippen LogP contribution in [0.3, 0.4) is 0 Å². The molecular formula is C15H15N3S. The van der Waals surface area contributed by atoms with E-state index in [4.69, 9.17) is 5.73 Å². The Morgan fingerprint density at radius 2 is 1.95 bits per heavy atom. The number of aryl methyl sites for hydroxylation is 1. The highest BCUT2D eigenvalue weighted by Crippen LogP contribution is 2.29. The third kappa shape index (κ3) is 1.98. The molecule has 1 heterocycles. The van der Waals surface area contributed by atoms with Crippen LogP contribution in [0.4, 0.5) is 5.95 Å². The van der Waals surface area contributed by atoms with Crippen LogP contribution in [0.15, 0.2) is 47.4 Å². The van der Waals surface area contributed by atoms with Crippen molar-refractivity contribution in [2.24, 2.45) is 0 Å². The first-order chi connectivity index (χ1) is 9.20. The van der Waals surface area contributed by atoms with Crippen LogP contribution < -0.4 is 5.73 Å². The standard InChI is InChI=1S/C15H15N3S/c1-10-7-8-12-11(9-10)17-15(16)18(12)13-5-3-4-6-14(13)19-2/h3-9H,1-2H3,(H2,16,17). The smallest absolute Gasteiger partial charge is 0.205 e. The second-order valence-electron chi connectivity index (χ2n) is 4.47. The third-order valence-corrected chi connectivity index (χ3v) is 3.95. The molecule has 0 radical (unpaired) electrons. The summed E-state index contributed by atoms with van der Waals surface area (Å²) in [7, 11) is 0. The second-order valence-corrected chi connectivity index (χ2v) is 5.32. The molecule has 2 aromatic carbocycles. The maximum absolute atomic E-state index is 6.10. The highest BCUT2D eigenvalue weighted by molar-refractivity contribution is 7.98. The predicted octanol–water partition coefficient (Wildman–Crippen LogP) is 3.64. The molecule has 4 heteroatoms. The lowest BCUT2D eigenvalue weighted by atomic mass is 10.2. The van der Waals surface area contributed by atoms with E-state index in [1.807, 2.05) is 16.7 Å². The minimum Gasteiger partial charge on any atom is -0.369 e. The lowest BCUT2D eigenvalue weighted by molar-refractivity contribution is 1.07. The quantitative estimate of drug-likeness (QED) is 0.722. The molecule has 0 atom stereocenters. The zero-order valence-electron chi connectivity index (χ0n) is 10.9. The van der Waals surface area contributed by atoms with Crippen LogP contribution in [0, 0.1) is 6.92 Å². The van der Waals surface area contributed by atoms with Crippen LogP contribution in [-0.4, -0.2) is 15.8 Å². The number of benzene rings is 2. The Balaban J connectivity index is 2.33. The molecular weight excluding hydrogens is 254 g/mol. The molecule has 2 N–H and O–H groups in total. The molecule has 0 bridgehead atoms. The lowest BCUT2D eigenvalue weighted by Crippen LogP contribution is -2.01. The van der Waals surface area contributed by atoms with Crippen LogP contribution in [-0.2, 0) is 0 Å². The fourth-order valence-electron chi connectivity index (χ4n) is 2.28. The fraction of sp³-hybridized carbons (Fsp3) is 0.133. The maximum Gasteiger partial charge on any atom is 0.205 e. The third-order valence-electron chi connectivity index (χ3n) is 3.16. The van der Waals surface area contributed by atoms with Crippen LogP contribution in [0.1, 0.15) is 5.56 Å². The van der Waals surface area contributed by atoms with Gasteiger partial charge < -0.3 is 5.73 Å². The van der Waals surface area contributed by atoms with Crippen molar-refractivity contribution in [2.75, 3.05) is 12.0 Å². The van der Waals surface area contributed by atoms with Gasteiger partial charge in [0.15, 0.2) is 0 Å². The lowest BCUT2D eigenvalue weighted by Gasteiger charge is -2.10. The van der Waals surface area contributed by atoms with Gasteiger partial charge in [-0.25, -0.2) is 4.98 Å². The number of aromatic nitrogens is 2. The van der Waals surface area contributed by atoms with E-state index in [9.17, 15) is 0 Å². The van der Waals surface area contributed by atoms with Gasteiger partial charge in [0, 0.05) is 4.90 Å². The summed E-state index contributed by atoms with van der Waals surface area (Å²) in [5.41, 5.74) is 10.4. The minimum absolute atomic E-state index is 0.530. The minimum atomic E-state index is 0.530. The van der Waals surface area contributed by atoms with Gasteiger partial charge in [-0.1, -0.05) is 18.2 Å². The molecule has 96 valence electrons. The summed E-state index contributed by atoms with van der Waals surface area (Å²) in [6, 6.07) is 14.4.